The summed E-state index contributed by atoms with van der Waals surface area (Å²) in [6.07, 6.45) is 0. The van der Waals surface area contributed by atoms with Gasteiger partial charge in [-0.1, -0.05) is 41.9 Å². The smallest absolute Gasteiger partial charge is 0.158 e. The van der Waals surface area contributed by atoms with Crippen molar-refractivity contribution in [3.8, 4) is 12.1 Å². The molecule has 72 valence electrons. The minimum absolute atomic E-state index is 0.655. The highest BCUT2D eigenvalue weighted by Crippen LogP contribution is 2.17. The Hall–Kier alpha value is -1.32. The van der Waals surface area contributed by atoms with Crippen molar-refractivity contribution in [2.75, 3.05) is 0 Å². The molecule has 3 heteroatoms. The molecule has 1 aromatic carbocycles. The zero-order valence-corrected chi connectivity index (χ0v) is 9.75. The van der Waals surface area contributed by atoms with E-state index in [1.165, 1.54) is 0 Å². The topological polar surface area (TPSA) is 47.6 Å². The van der Waals surface area contributed by atoms with Crippen LogP contribution >= 0.6 is 15.9 Å². The molecular weight excluding hydrogens is 240 g/mol. The van der Waals surface area contributed by atoms with E-state index in [9.17, 15) is 0 Å². The van der Waals surface area contributed by atoms with Crippen LogP contribution in [0.15, 0.2) is 28.7 Å². The highest BCUT2D eigenvalue weighted by atomic mass is 79.9. The lowest BCUT2D eigenvalue weighted by atomic mass is 10.0. The maximum absolute atomic E-state index is 8.56. The van der Waals surface area contributed by atoms with Crippen LogP contribution in [0.4, 0.5) is 0 Å². The van der Waals surface area contributed by atoms with Crippen molar-refractivity contribution in [3.63, 3.8) is 0 Å². The molecule has 1 aromatic rings. The molecule has 0 saturated carbocycles. The van der Waals surface area contributed by atoms with Gasteiger partial charge in [-0.05, 0) is 17.7 Å². The third-order valence-electron chi connectivity index (χ3n) is 1.46. The molecule has 2 nitrogen and oxygen atoms in total. The van der Waals surface area contributed by atoms with Gasteiger partial charge in [0, 0.05) is 4.47 Å². The van der Waals surface area contributed by atoms with Gasteiger partial charge in [-0.15, -0.1) is 0 Å². The normalized spacial score (nSPS) is 8.14. The molecule has 0 heterocycles. The minimum atomic E-state index is -0.655. The van der Waals surface area contributed by atoms with Crippen LogP contribution in [0.2, 0.25) is 0 Å². The van der Waals surface area contributed by atoms with E-state index in [-0.39, 0.29) is 0 Å². The summed E-state index contributed by atoms with van der Waals surface area (Å²) in [6.45, 7) is 4.00. The number of nitriles is 2. The number of halogens is 1. The van der Waals surface area contributed by atoms with Crippen LogP contribution in [0.3, 0.4) is 0 Å². The van der Waals surface area contributed by atoms with E-state index in [1.807, 2.05) is 38.1 Å². The molecule has 0 fully saturated rings. The van der Waals surface area contributed by atoms with Crippen molar-refractivity contribution < 1.29 is 0 Å². The van der Waals surface area contributed by atoms with Gasteiger partial charge < -0.3 is 0 Å². The number of hydrogen-bond acceptors (Lipinski definition) is 2. The highest BCUT2D eigenvalue weighted by Gasteiger charge is 2.07. The fraction of sp³-hybridized carbons (Fsp3) is 0.273. The van der Waals surface area contributed by atoms with Gasteiger partial charge in [-0.3, -0.25) is 0 Å². The van der Waals surface area contributed by atoms with E-state index >= 15 is 0 Å². The van der Waals surface area contributed by atoms with Crippen LogP contribution in [-0.4, -0.2) is 0 Å². The molecule has 0 aliphatic rings. The van der Waals surface area contributed by atoms with Gasteiger partial charge in [0.25, 0.3) is 0 Å². The summed E-state index contributed by atoms with van der Waals surface area (Å²) in [5.41, 5.74) is 0.739. The quantitative estimate of drug-likeness (QED) is 0.765. The summed E-state index contributed by atoms with van der Waals surface area (Å²) in [6, 6.07) is 11.0. The molecule has 0 radical (unpaired) electrons. The molecule has 0 saturated heterocycles. The largest absolute Gasteiger partial charge is 0.196 e. The third-order valence-corrected chi connectivity index (χ3v) is 1.99. The Balaban J connectivity index is 0.000000791. The average Bonchev–Trinajstić information content (AvgIpc) is 2.25. The zero-order chi connectivity index (χ0) is 11.0. The van der Waals surface area contributed by atoms with Gasteiger partial charge in [0.15, 0.2) is 5.92 Å². The van der Waals surface area contributed by atoms with Gasteiger partial charge in [-0.25, -0.2) is 0 Å². The van der Waals surface area contributed by atoms with Crippen molar-refractivity contribution in [1.29, 1.82) is 10.5 Å². The van der Waals surface area contributed by atoms with Gasteiger partial charge in [0.05, 0.1) is 12.1 Å². The zero-order valence-electron chi connectivity index (χ0n) is 8.16. The molecule has 0 aliphatic carbocycles. The van der Waals surface area contributed by atoms with Gasteiger partial charge in [-0.2, -0.15) is 10.5 Å². The fourth-order valence-corrected chi connectivity index (χ4v) is 1.10. The summed E-state index contributed by atoms with van der Waals surface area (Å²) in [7, 11) is 0. The lowest BCUT2D eigenvalue weighted by Gasteiger charge is -1.98. The van der Waals surface area contributed by atoms with E-state index in [1.54, 1.807) is 12.1 Å². The number of benzene rings is 1. The second kappa shape index (κ2) is 7.12. The molecule has 1 rings (SSSR count). The van der Waals surface area contributed by atoms with E-state index in [2.05, 4.69) is 15.9 Å². The molecule has 0 bridgehead atoms. The minimum Gasteiger partial charge on any atom is -0.196 e. The second-order valence-corrected chi connectivity index (χ2v) is 3.16. The molecule has 0 unspecified atom stereocenters. The third kappa shape index (κ3) is 3.60. The van der Waals surface area contributed by atoms with Crippen LogP contribution in [0.5, 0.6) is 0 Å². The van der Waals surface area contributed by atoms with Crippen LogP contribution in [-0.2, 0) is 0 Å². The van der Waals surface area contributed by atoms with Crippen molar-refractivity contribution in [2.24, 2.45) is 0 Å². The van der Waals surface area contributed by atoms with Crippen molar-refractivity contribution in [1.82, 2.24) is 0 Å². The first kappa shape index (κ1) is 12.7. The molecule has 14 heavy (non-hydrogen) atoms. The van der Waals surface area contributed by atoms with Crippen LogP contribution in [0, 0.1) is 22.7 Å². The Morgan fingerprint density at radius 2 is 1.50 bits per heavy atom. The van der Waals surface area contributed by atoms with Crippen LogP contribution in [0.25, 0.3) is 0 Å². The molecule has 0 N–H and O–H groups in total. The Morgan fingerprint density at radius 3 is 1.86 bits per heavy atom. The molecule has 0 spiro atoms. The molecule has 0 aromatic heterocycles. The summed E-state index contributed by atoms with van der Waals surface area (Å²) in [4.78, 5) is 0. The van der Waals surface area contributed by atoms with E-state index in [4.69, 9.17) is 10.5 Å². The first-order valence-electron chi connectivity index (χ1n) is 4.32. The molecular formula is C11H11BrN2. The maximum Gasteiger partial charge on any atom is 0.158 e. The Bertz CT molecular complexity index is 329. The maximum atomic E-state index is 8.56. The average molecular weight is 251 g/mol. The summed E-state index contributed by atoms with van der Waals surface area (Å²) in [5, 5.41) is 17.1. The Kier molecular flexibility index (Phi) is 6.45. The van der Waals surface area contributed by atoms with Gasteiger partial charge in [0.1, 0.15) is 0 Å². The lowest BCUT2D eigenvalue weighted by Crippen LogP contribution is -1.90. The van der Waals surface area contributed by atoms with Crippen molar-refractivity contribution in [3.05, 3.63) is 34.3 Å². The summed E-state index contributed by atoms with van der Waals surface area (Å²) in [5.74, 6) is -0.655. The highest BCUT2D eigenvalue weighted by molar-refractivity contribution is 9.10. The predicted octanol–water partition coefficient (Wildman–Crippen LogP) is 3.61. The Morgan fingerprint density at radius 1 is 1.07 bits per heavy atom. The monoisotopic (exact) mass is 250 g/mol. The van der Waals surface area contributed by atoms with E-state index in [0.29, 0.717) is 0 Å². The van der Waals surface area contributed by atoms with Crippen molar-refractivity contribution in [2.45, 2.75) is 19.8 Å². The fourth-order valence-electron chi connectivity index (χ4n) is 0.833. The summed E-state index contributed by atoms with van der Waals surface area (Å²) < 4.78 is 0.945. The molecule has 0 amide bonds. The number of rotatable bonds is 1. The standard InChI is InChI=1S/C9H5BrN2.C2H6/c10-9-3-1-7(2-4-9)8(5-11)6-12;1-2/h1-4,8H;1-2H3. The van der Waals surface area contributed by atoms with E-state index < -0.39 is 5.92 Å². The first-order chi connectivity index (χ1) is 6.77. The van der Waals surface area contributed by atoms with Crippen molar-refractivity contribution >= 4 is 15.9 Å². The summed E-state index contributed by atoms with van der Waals surface area (Å²) >= 11 is 3.27. The number of hydrogen-bond donors (Lipinski definition) is 0. The molecule has 0 aliphatic heterocycles. The first-order valence-corrected chi connectivity index (χ1v) is 5.12. The SMILES string of the molecule is CC.N#CC(C#N)c1ccc(Br)cc1. The van der Waals surface area contributed by atoms with Gasteiger partial charge in [0.2, 0.25) is 0 Å². The van der Waals surface area contributed by atoms with Crippen LogP contribution < -0.4 is 0 Å². The predicted molar refractivity (Wildman–Crippen MR) is 59.5 cm³/mol. The second-order valence-electron chi connectivity index (χ2n) is 2.24. The number of nitrogens with zero attached hydrogens (tertiary/aromatic N) is 2. The lowest BCUT2D eigenvalue weighted by molar-refractivity contribution is 1.10. The van der Waals surface area contributed by atoms with E-state index in [0.717, 1.165) is 10.0 Å². The van der Waals surface area contributed by atoms with Crippen LogP contribution in [0.1, 0.15) is 25.3 Å². The van der Waals surface area contributed by atoms with Gasteiger partial charge >= 0.3 is 0 Å². The molecule has 0 atom stereocenters. The Labute approximate surface area is 92.9 Å².